The Morgan fingerprint density at radius 3 is 2.45 bits per heavy atom. The smallest absolute Gasteiger partial charge is 0.371 e. The topological polar surface area (TPSA) is 111 Å². The molecule has 0 amide bonds. The lowest BCUT2D eigenvalue weighted by Crippen LogP contribution is -2.18. The summed E-state index contributed by atoms with van der Waals surface area (Å²) in [5, 5.41) is 14.3. The molecule has 1 heterocycles. The summed E-state index contributed by atoms with van der Waals surface area (Å²) >= 11 is 0. The van der Waals surface area contributed by atoms with Gasteiger partial charge in [0, 0.05) is 18.7 Å². The van der Waals surface area contributed by atoms with Gasteiger partial charge in [-0.3, -0.25) is 0 Å². The molecule has 4 rings (SSSR count). The molecular weight excluding hydrogens is 426 g/mol. The first kappa shape index (κ1) is 20.5. The van der Waals surface area contributed by atoms with Crippen molar-refractivity contribution >= 4 is 21.3 Å². The minimum absolute atomic E-state index is 0.0417. The highest BCUT2D eigenvalue weighted by Crippen LogP contribution is 2.28. The van der Waals surface area contributed by atoms with Crippen LogP contribution in [0.15, 0.2) is 60.9 Å². The first-order chi connectivity index (χ1) is 14.7. The van der Waals surface area contributed by atoms with Crippen LogP contribution < -0.4 is 9.32 Å². The van der Waals surface area contributed by atoms with E-state index in [1.165, 1.54) is 18.5 Å². The van der Waals surface area contributed by atoms with E-state index < -0.39 is 21.9 Å². The second-order valence-electron chi connectivity index (χ2n) is 6.72. The number of fused-ring (bicyclic) bond motifs is 1. The Bertz CT molecular complexity index is 1440. The SMILES string of the molecule is N#Cc1ccc(Cn2cnc3cc(F)c(F)cc32)cc1-c1ccc(OS(N)(=O)=O)cc1. The molecule has 3 aromatic carbocycles. The monoisotopic (exact) mass is 440 g/mol. The lowest BCUT2D eigenvalue weighted by Gasteiger charge is -2.10. The average Bonchev–Trinajstić information content (AvgIpc) is 3.09. The van der Waals surface area contributed by atoms with Crippen LogP contribution in [0.4, 0.5) is 8.78 Å². The molecule has 0 aliphatic heterocycles. The zero-order valence-electron chi connectivity index (χ0n) is 15.8. The van der Waals surface area contributed by atoms with Gasteiger partial charge in [-0.1, -0.05) is 18.2 Å². The largest absolute Gasteiger partial charge is 0.380 e. The number of aromatic nitrogens is 2. The fourth-order valence-electron chi connectivity index (χ4n) is 3.23. The highest BCUT2D eigenvalue weighted by Gasteiger charge is 2.12. The van der Waals surface area contributed by atoms with Crippen LogP contribution in [0.25, 0.3) is 22.2 Å². The van der Waals surface area contributed by atoms with Crippen LogP contribution in [0.2, 0.25) is 0 Å². The summed E-state index contributed by atoms with van der Waals surface area (Å²) in [5.74, 6) is -1.88. The summed E-state index contributed by atoms with van der Waals surface area (Å²) in [6.45, 7) is 0.312. The molecule has 0 atom stereocenters. The number of nitrogens with zero attached hydrogens (tertiary/aromatic N) is 3. The summed E-state index contributed by atoms with van der Waals surface area (Å²) < 4.78 is 55.5. The van der Waals surface area contributed by atoms with Gasteiger partial charge < -0.3 is 8.75 Å². The number of halogens is 2. The van der Waals surface area contributed by atoms with Gasteiger partial charge in [-0.2, -0.15) is 18.8 Å². The predicted octanol–water partition coefficient (Wildman–Crippen LogP) is 3.48. The number of rotatable bonds is 5. The molecule has 7 nitrogen and oxygen atoms in total. The predicted molar refractivity (Wildman–Crippen MR) is 109 cm³/mol. The van der Waals surface area contributed by atoms with E-state index >= 15 is 0 Å². The minimum atomic E-state index is -4.14. The Morgan fingerprint density at radius 1 is 1.06 bits per heavy atom. The van der Waals surface area contributed by atoms with Gasteiger partial charge in [0.25, 0.3) is 0 Å². The van der Waals surface area contributed by atoms with E-state index in [0.717, 1.165) is 17.7 Å². The molecule has 0 radical (unpaired) electrons. The minimum Gasteiger partial charge on any atom is -0.371 e. The second kappa shape index (κ2) is 7.79. The van der Waals surface area contributed by atoms with Gasteiger partial charge in [-0.15, -0.1) is 0 Å². The van der Waals surface area contributed by atoms with Crippen molar-refractivity contribution in [2.24, 2.45) is 5.14 Å². The van der Waals surface area contributed by atoms with Crippen molar-refractivity contribution in [2.75, 3.05) is 0 Å². The van der Waals surface area contributed by atoms with E-state index in [9.17, 15) is 22.5 Å². The van der Waals surface area contributed by atoms with E-state index in [0.29, 0.717) is 34.3 Å². The first-order valence-corrected chi connectivity index (χ1v) is 10.4. The molecule has 1 aromatic heterocycles. The maximum Gasteiger partial charge on any atom is 0.380 e. The fourth-order valence-corrected chi connectivity index (χ4v) is 3.61. The van der Waals surface area contributed by atoms with Crippen LogP contribution in [-0.4, -0.2) is 18.0 Å². The number of hydrogen-bond donors (Lipinski definition) is 1. The average molecular weight is 440 g/mol. The van der Waals surface area contributed by atoms with E-state index in [-0.39, 0.29) is 5.75 Å². The molecule has 0 unspecified atom stereocenters. The Kier molecular flexibility index (Phi) is 5.14. The molecule has 31 heavy (non-hydrogen) atoms. The standard InChI is InChI=1S/C21H14F2N4O3S/c22-18-8-20-21(9-19(18)23)27(12-26-20)11-13-1-2-15(10-24)17(7-13)14-3-5-16(6-4-14)30-31(25,28)29/h1-9,12H,11H2,(H2,25,28,29). The zero-order valence-corrected chi connectivity index (χ0v) is 16.6. The summed E-state index contributed by atoms with van der Waals surface area (Å²) in [7, 11) is -4.14. The Labute approximate surface area is 176 Å². The van der Waals surface area contributed by atoms with Crippen LogP contribution in [0.1, 0.15) is 11.1 Å². The fraction of sp³-hybridized carbons (Fsp3) is 0.0476. The third-order valence-electron chi connectivity index (χ3n) is 4.60. The molecule has 10 heteroatoms. The van der Waals surface area contributed by atoms with E-state index in [1.54, 1.807) is 34.9 Å². The van der Waals surface area contributed by atoms with Crippen LogP contribution in [0.5, 0.6) is 5.75 Å². The molecule has 4 aromatic rings. The number of hydrogen-bond acceptors (Lipinski definition) is 5. The van der Waals surface area contributed by atoms with Gasteiger partial charge in [0.05, 0.1) is 29.0 Å². The number of benzene rings is 3. The maximum absolute atomic E-state index is 13.7. The number of imidazole rings is 1. The molecular formula is C21H14F2N4O3S. The summed E-state index contributed by atoms with van der Waals surface area (Å²) in [5.41, 5.74) is 3.25. The van der Waals surface area contributed by atoms with Crippen molar-refractivity contribution in [3.8, 4) is 22.9 Å². The van der Waals surface area contributed by atoms with Crippen molar-refractivity contribution in [2.45, 2.75) is 6.54 Å². The summed E-state index contributed by atoms with van der Waals surface area (Å²) in [6, 6.07) is 15.5. The van der Waals surface area contributed by atoms with Gasteiger partial charge >= 0.3 is 10.3 Å². The molecule has 0 aliphatic rings. The number of nitrogens with two attached hydrogens (primary N) is 1. The Hall–Kier alpha value is -3.81. The van der Waals surface area contributed by atoms with Crippen LogP contribution in [0.3, 0.4) is 0 Å². The van der Waals surface area contributed by atoms with Crippen molar-refractivity contribution < 1.29 is 21.4 Å². The van der Waals surface area contributed by atoms with E-state index in [4.69, 9.17) is 5.14 Å². The first-order valence-electron chi connectivity index (χ1n) is 8.89. The van der Waals surface area contributed by atoms with Crippen molar-refractivity contribution in [1.29, 1.82) is 5.26 Å². The van der Waals surface area contributed by atoms with Crippen molar-refractivity contribution in [1.82, 2.24) is 9.55 Å². The van der Waals surface area contributed by atoms with Gasteiger partial charge in [0.15, 0.2) is 11.6 Å². The summed E-state index contributed by atoms with van der Waals surface area (Å²) in [6.07, 6.45) is 1.49. The van der Waals surface area contributed by atoms with Gasteiger partial charge in [0.1, 0.15) is 5.75 Å². The molecule has 0 saturated heterocycles. The Morgan fingerprint density at radius 2 is 1.77 bits per heavy atom. The molecule has 0 fully saturated rings. The van der Waals surface area contributed by atoms with Gasteiger partial charge in [-0.05, 0) is 41.0 Å². The molecule has 156 valence electrons. The summed E-state index contributed by atoms with van der Waals surface area (Å²) in [4.78, 5) is 4.10. The highest BCUT2D eigenvalue weighted by molar-refractivity contribution is 7.84. The third-order valence-corrected chi connectivity index (χ3v) is 5.02. The lowest BCUT2D eigenvalue weighted by molar-refractivity contribution is 0.488. The van der Waals surface area contributed by atoms with Crippen molar-refractivity contribution in [3.05, 3.63) is 83.7 Å². The molecule has 0 aliphatic carbocycles. The Balaban J connectivity index is 1.69. The van der Waals surface area contributed by atoms with Gasteiger partial charge in [0.2, 0.25) is 0 Å². The third kappa shape index (κ3) is 4.37. The maximum atomic E-state index is 13.7. The van der Waals surface area contributed by atoms with Gasteiger partial charge in [-0.25, -0.2) is 13.8 Å². The van der Waals surface area contributed by atoms with Crippen LogP contribution in [-0.2, 0) is 16.8 Å². The zero-order chi connectivity index (χ0) is 22.2. The lowest BCUT2D eigenvalue weighted by atomic mass is 9.97. The number of nitriles is 1. The highest BCUT2D eigenvalue weighted by atomic mass is 32.2. The molecule has 2 N–H and O–H groups in total. The molecule has 0 bridgehead atoms. The van der Waals surface area contributed by atoms with Crippen molar-refractivity contribution in [3.63, 3.8) is 0 Å². The second-order valence-corrected chi connectivity index (χ2v) is 7.87. The molecule has 0 saturated carbocycles. The van der Waals surface area contributed by atoms with Crippen LogP contribution >= 0.6 is 0 Å². The van der Waals surface area contributed by atoms with Crippen LogP contribution in [0, 0.1) is 23.0 Å². The van der Waals surface area contributed by atoms with E-state index in [1.807, 2.05) is 0 Å². The normalized spacial score (nSPS) is 11.4. The molecule has 0 spiro atoms. The quantitative estimate of drug-likeness (QED) is 0.511. The van der Waals surface area contributed by atoms with E-state index in [2.05, 4.69) is 15.2 Å².